The molecule has 1 aliphatic rings. The monoisotopic (exact) mass is 383 g/mol. The number of aromatic amines is 1. The van der Waals surface area contributed by atoms with Gasteiger partial charge in [-0.1, -0.05) is 48.5 Å². The number of hydrogen-bond donors (Lipinski definition) is 1. The number of carbonyl (C=O) groups is 1. The van der Waals surface area contributed by atoms with Crippen molar-refractivity contribution in [3.63, 3.8) is 0 Å². The Morgan fingerprint density at radius 3 is 2.45 bits per heavy atom. The fourth-order valence-corrected chi connectivity index (χ4v) is 3.98. The molecule has 144 valence electrons. The number of carbonyl (C=O) groups excluding carboxylic acids is 1. The number of aryl methyl sites for hydroxylation is 1. The van der Waals surface area contributed by atoms with E-state index in [-0.39, 0.29) is 12.1 Å². The summed E-state index contributed by atoms with van der Waals surface area (Å²) < 4.78 is 11.9. The molecule has 0 bridgehead atoms. The lowest BCUT2D eigenvalue weighted by Gasteiger charge is -2.22. The van der Waals surface area contributed by atoms with E-state index in [1.54, 1.807) is 12.1 Å². The van der Waals surface area contributed by atoms with Gasteiger partial charge in [-0.3, -0.25) is 0 Å². The minimum atomic E-state index is -0.257. The van der Waals surface area contributed by atoms with Gasteiger partial charge in [0.25, 0.3) is 0 Å². The summed E-state index contributed by atoms with van der Waals surface area (Å²) in [6.07, 6.45) is 2.25. The Balaban J connectivity index is 1.40. The van der Waals surface area contributed by atoms with Crippen LogP contribution in [0.1, 0.15) is 28.0 Å². The highest BCUT2D eigenvalue weighted by atomic mass is 16.5. The number of hydrogen-bond acceptors (Lipinski definition) is 3. The van der Waals surface area contributed by atoms with E-state index in [0.29, 0.717) is 12.0 Å². The second-order valence-corrected chi connectivity index (χ2v) is 7.31. The van der Waals surface area contributed by atoms with E-state index >= 15 is 0 Å². The van der Waals surface area contributed by atoms with E-state index in [0.717, 1.165) is 35.2 Å². The number of nitrogens with one attached hydrogen (secondary N) is 1. The molecule has 3 aromatic carbocycles. The van der Waals surface area contributed by atoms with Crippen molar-refractivity contribution in [3.05, 3.63) is 95.7 Å². The minimum absolute atomic E-state index is 0.118. The highest BCUT2D eigenvalue weighted by molar-refractivity contribution is 5.91. The Morgan fingerprint density at radius 1 is 0.897 bits per heavy atom. The Hall–Kier alpha value is -3.53. The summed E-state index contributed by atoms with van der Waals surface area (Å²) in [5.74, 6) is 1.36. The standard InChI is InChI=1S/C25H21NO3/c27-25(17-8-3-1-4-9-17)29-19-14-15-22-21(16-19)20-12-7-13-23(24(20)26-22)28-18-10-5-2-6-11-18/h1-13,19,26H,14-16H2. The molecule has 1 aromatic heterocycles. The van der Waals surface area contributed by atoms with E-state index in [9.17, 15) is 4.79 Å². The molecule has 0 saturated carbocycles. The van der Waals surface area contributed by atoms with Crippen LogP contribution in [-0.4, -0.2) is 17.1 Å². The van der Waals surface area contributed by atoms with Crippen LogP contribution in [0.3, 0.4) is 0 Å². The van der Waals surface area contributed by atoms with E-state index < -0.39 is 0 Å². The summed E-state index contributed by atoms with van der Waals surface area (Å²) >= 11 is 0. The predicted molar refractivity (Wildman–Crippen MR) is 112 cm³/mol. The van der Waals surface area contributed by atoms with Crippen molar-refractivity contribution < 1.29 is 14.3 Å². The minimum Gasteiger partial charge on any atom is -0.458 e. The average Bonchev–Trinajstić information content (AvgIpc) is 3.14. The fraction of sp³-hybridized carbons (Fsp3) is 0.160. The van der Waals surface area contributed by atoms with Crippen LogP contribution in [0.25, 0.3) is 10.9 Å². The molecular formula is C25H21NO3. The van der Waals surface area contributed by atoms with Crippen molar-refractivity contribution >= 4 is 16.9 Å². The van der Waals surface area contributed by atoms with Crippen LogP contribution in [0.5, 0.6) is 11.5 Å². The molecule has 1 heterocycles. The number of para-hydroxylation sites is 2. The van der Waals surface area contributed by atoms with Gasteiger partial charge in [0, 0.05) is 17.5 Å². The summed E-state index contributed by atoms with van der Waals surface area (Å²) in [5.41, 5.74) is 4.01. The van der Waals surface area contributed by atoms with Crippen molar-refractivity contribution in [2.75, 3.05) is 0 Å². The third kappa shape index (κ3) is 3.49. The molecule has 0 amide bonds. The molecule has 0 saturated heterocycles. The molecule has 0 radical (unpaired) electrons. The van der Waals surface area contributed by atoms with Crippen molar-refractivity contribution in [2.45, 2.75) is 25.4 Å². The molecule has 29 heavy (non-hydrogen) atoms. The zero-order valence-electron chi connectivity index (χ0n) is 15.9. The molecule has 1 N–H and O–H groups in total. The Bertz CT molecular complexity index is 1150. The number of esters is 1. The maximum atomic E-state index is 12.4. The van der Waals surface area contributed by atoms with E-state index in [1.165, 1.54) is 11.3 Å². The lowest BCUT2D eigenvalue weighted by Crippen LogP contribution is -2.25. The molecule has 1 unspecified atom stereocenters. The number of aromatic nitrogens is 1. The van der Waals surface area contributed by atoms with Gasteiger partial charge in [0.15, 0.2) is 5.75 Å². The molecule has 0 spiro atoms. The first kappa shape index (κ1) is 17.6. The SMILES string of the molecule is O=C(OC1CCc2[nH]c3c(Oc4ccccc4)cccc3c2C1)c1ccccc1. The number of H-pyrrole nitrogens is 1. The first-order valence-electron chi connectivity index (χ1n) is 9.89. The number of rotatable bonds is 4. The Kier molecular flexibility index (Phi) is 4.53. The van der Waals surface area contributed by atoms with Gasteiger partial charge >= 0.3 is 5.97 Å². The number of benzene rings is 3. The Morgan fingerprint density at radius 2 is 1.66 bits per heavy atom. The first-order valence-corrected chi connectivity index (χ1v) is 9.89. The van der Waals surface area contributed by atoms with Gasteiger partial charge < -0.3 is 14.5 Å². The second-order valence-electron chi connectivity index (χ2n) is 7.31. The van der Waals surface area contributed by atoms with Crippen molar-refractivity contribution in [1.82, 2.24) is 4.98 Å². The van der Waals surface area contributed by atoms with Crippen LogP contribution in [-0.2, 0) is 17.6 Å². The van der Waals surface area contributed by atoms with Crippen molar-refractivity contribution in [1.29, 1.82) is 0 Å². The highest BCUT2D eigenvalue weighted by Crippen LogP contribution is 2.36. The molecule has 5 rings (SSSR count). The third-order valence-corrected chi connectivity index (χ3v) is 5.39. The number of ether oxygens (including phenoxy) is 2. The van der Waals surface area contributed by atoms with Crippen molar-refractivity contribution in [3.8, 4) is 11.5 Å². The van der Waals surface area contributed by atoms with Gasteiger partial charge in [-0.2, -0.15) is 0 Å². The summed E-state index contributed by atoms with van der Waals surface area (Å²) in [5, 5.41) is 1.13. The first-order chi connectivity index (χ1) is 14.3. The maximum absolute atomic E-state index is 12.4. The zero-order valence-corrected chi connectivity index (χ0v) is 15.9. The molecule has 4 heteroatoms. The lowest BCUT2D eigenvalue weighted by molar-refractivity contribution is 0.0271. The van der Waals surface area contributed by atoms with Crippen molar-refractivity contribution in [2.24, 2.45) is 0 Å². The highest BCUT2D eigenvalue weighted by Gasteiger charge is 2.26. The normalized spacial score (nSPS) is 15.7. The second kappa shape index (κ2) is 7.47. The summed E-state index contributed by atoms with van der Waals surface area (Å²) in [7, 11) is 0. The van der Waals surface area contributed by atoms with E-state index in [1.807, 2.05) is 60.7 Å². The smallest absolute Gasteiger partial charge is 0.338 e. The predicted octanol–water partition coefficient (Wildman–Crippen LogP) is 5.67. The summed E-state index contributed by atoms with van der Waals surface area (Å²) in [6.45, 7) is 0. The van der Waals surface area contributed by atoms with E-state index in [4.69, 9.17) is 9.47 Å². The largest absolute Gasteiger partial charge is 0.458 e. The lowest BCUT2D eigenvalue weighted by atomic mass is 9.93. The van der Waals surface area contributed by atoms with Gasteiger partial charge in [-0.25, -0.2) is 4.79 Å². The van der Waals surface area contributed by atoms with Gasteiger partial charge in [0.05, 0.1) is 11.1 Å². The van der Waals surface area contributed by atoms with Gasteiger partial charge in [-0.05, 0) is 48.7 Å². The molecule has 0 fully saturated rings. The Labute approximate surface area is 169 Å². The van der Waals surface area contributed by atoms with Gasteiger partial charge in [0.2, 0.25) is 0 Å². The fourth-order valence-electron chi connectivity index (χ4n) is 3.98. The molecule has 4 nitrogen and oxygen atoms in total. The third-order valence-electron chi connectivity index (χ3n) is 5.39. The summed E-state index contributed by atoms with van der Waals surface area (Å²) in [4.78, 5) is 16.0. The quantitative estimate of drug-likeness (QED) is 0.462. The number of fused-ring (bicyclic) bond motifs is 3. The van der Waals surface area contributed by atoms with Crippen LogP contribution in [0, 0.1) is 0 Å². The molecule has 1 aliphatic carbocycles. The molecule has 1 atom stereocenters. The van der Waals surface area contributed by atoms with Crippen LogP contribution in [0.15, 0.2) is 78.9 Å². The zero-order chi connectivity index (χ0) is 19.6. The van der Waals surface area contributed by atoms with Crippen LogP contribution >= 0.6 is 0 Å². The van der Waals surface area contributed by atoms with E-state index in [2.05, 4.69) is 11.1 Å². The topological polar surface area (TPSA) is 51.3 Å². The summed E-state index contributed by atoms with van der Waals surface area (Å²) in [6, 6.07) is 25.0. The van der Waals surface area contributed by atoms with Crippen LogP contribution in [0.4, 0.5) is 0 Å². The molecular weight excluding hydrogens is 362 g/mol. The molecule has 4 aromatic rings. The van der Waals surface area contributed by atoms with Gasteiger partial charge in [-0.15, -0.1) is 0 Å². The van der Waals surface area contributed by atoms with Crippen LogP contribution in [0.2, 0.25) is 0 Å². The molecule has 0 aliphatic heterocycles. The average molecular weight is 383 g/mol. The maximum Gasteiger partial charge on any atom is 0.338 e. The van der Waals surface area contributed by atoms with Gasteiger partial charge in [0.1, 0.15) is 11.9 Å². The van der Waals surface area contributed by atoms with Crippen LogP contribution < -0.4 is 4.74 Å².